The lowest BCUT2D eigenvalue weighted by Gasteiger charge is -2.09. The Balaban J connectivity index is 2.37. The molecule has 2 heterocycles. The summed E-state index contributed by atoms with van der Waals surface area (Å²) in [6, 6.07) is 8.55. The number of hydrogen-bond donors (Lipinski definition) is 0. The van der Waals surface area contributed by atoms with Crippen molar-refractivity contribution < 1.29 is 4.74 Å². The van der Waals surface area contributed by atoms with E-state index < -0.39 is 0 Å². The van der Waals surface area contributed by atoms with Crippen molar-refractivity contribution in [2.75, 3.05) is 6.61 Å². The molecule has 2 heteroatoms. The third-order valence-corrected chi connectivity index (χ3v) is 3.04. The van der Waals surface area contributed by atoms with Crippen LogP contribution in [-0.2, 0) is 17.4 Å². The van der Waals surface area contributed by atoms with Gasteiger partial charge >= 0.3 is 0 Å². The van der Waals surface area contributed by atoms with Crippen LogP contribution in [0.5, 0.6) is 0 Å². The number of aryl methyl sites for hydroxylation is 1. The van der Waals surface area contributed by atoms with Crippen LogP contribution in [0, 0.1) is 0 Å². The Bertz CT molecular complexity index is 494. The van der Waals surface area contributed by atoms with Crippen LogP contribution < -0.4 is 0 Å². The predicted molar refractivity (Wildman–Crippen MR) is 56.2 cm³/mol. The zero-order valence-corrected chi connectivity index (χ0v) is 8.45. The fourth-order valence-electron chi connectivity index (χ4n) is 2.05. The minimum atomic E-state index is -0.0361. The fourth-order valence-corrected chi connectivity index (χ4v) is 2.05. The molecule has 0 amide bonds. The van der Waals surface area contributed by atoms with Crippen molar-refractivity contribution in [1.29, 1.82) is 0 Å². The third-order valence-electron chi connectivity index (χ3n) is 3.04. The number of fused-ring (bicyclic) bond motifs is 1. The lowest BCUT2D eigenvalue weighted by atomic mass is 10.00. The summed E-state index contributed by atoms with van der Waals surface area (Å²) in [6.45, 7) is 2.99. The summed E-state index contributed by atoms with van der Waals surface area (Å²) in [4.78, 5) is 0. The first-order valence-corrected chi connectivity index (χ1v) is 4.89. The van der Waals surface area contributed by atoms with Gasteiger partial charge in [-0.1, -0.05) is 18.2 Å². The van der Waals surface area contributed by atoms with E-state index in [9.17, 15) is 0 Å². The second kappa shape index (κ2) is 2.39. The molecule has 14 heavy (non-hydrogen) atoms. The van der Waals surface area contributed by atoms with Crippen molar-refractivity contribution >= 4 is 10.9 Å². The molecule has 1 aliphatic rings. The van der Waals surface area contributed by atoms with Gasteiger partial charge in [-0.05, 0) is 18.4 Å². The second-order valence-corrected chi connectivity index (χ2v) is 4.19. The smallest absolute Gasteiger partial charge is 0.116 e. The van der Waals surface area contributed by atoms with E-state index in [1.54, 1.807) is 0 Å². The SMILES string of the molecule is Cn1ccc2cccc(C3(C)CO3)c21. The molecule has 0 saturated carbocycles. The van der Waals surface area contributed by atoms with E-state index in [0.29, 0.717) is 0 Å². The highest BCUT2D eigenvalue weighted by molar-refractivity contribution is 5.84. The molecule has 1 saturated heterocycles. The summed E-state index contributed by atoms with van der Waals surface area (Å²) in [5, 5.41) is 1.29. The molecule has 0 N–H and O–H groups in total. The first-order chi connectivity index (χ1) is 6.71. The second-order valence-electron chi connectivity index (χ2n) is 4.19. The van der Waals surface area contributed by atoms with Crippen LogP contribution >= 0.6 is 0 Å². The van der Waals surface area contributed by atoms with Crippen LogP contribution in [-0.4, -0.2) is 11.2 Å². The fraction of sp³-hybridized carbons (Fsp3) is 0.333. The van der Waals surface area contributed by atoms with Gasteiger partial charge in [0.1, 0.15) is 5.60 Å². The summed E-state index contributed by atoms with van der Waals surface area (Å²) in [7, 11) is 2.08. The summed E-state index contributed by atoms with van der Waals surface area (Å²) in [5.41, 5.74) is 2.57. The van der Waals surface area contributed by atoms with Crippen LogP contribution in [0.4, 0.5) is 0 Å². The Kier molecular flexibility index (Phi) is 1.38. The van der Waals surface area contributed by atoms with E-state index in [0.717, 1.165) is 6.61 Å². The number of aromatic nitrogens is 1. The van der Waals surface area contributed by atoms with Gasteiger partial charge in [0, 0.05) is 18.8 Å². The normalized spacial score (nSPS) is 25.6. The molecule has 3 rings (SSSR count). The molecule has 0 bridgehead atoms. The highest BCUT2D eigenvalue weighted by Gasteiger charge is 2.42. The molecule has 1 aromatic heterocycles. The molecule has 2 nitrogen and oxygen atoms in total. The Morgan fingerprint density at radius 3 is 2.86 bits per heavy atom. The zero-order chi connectivity index (χ0) is 9.76. The van der Waals surface area contributed by atoms with Crippen molar-refractivity contribution in [3.8, 4) is 0 Å². The standard InChI is InChI=1S/C12H13NO/c1-12(8-14-12)10-5-3-4-9-6-7-13(2)11(9)10/h3-7H,8H2,1-2H3. The third kappa shape index (κ3) is 0.946. The predicted octanol–water partition coefficient (Wildman–Crippen LogP) is 2.42. The molecule has 72 valence electrons. The minimum Gasteiger partial charge on any atom is -0.365 e. The first kappa shape index (κ1) is 8.06. The van der Waals surface area contributed by atoms with Gasteiger partial charge in [-0.25, -0.2) is 0 Å². The molecule has 2 aromatic rings. The number of hydrogen-bond acceptors (Lipinski definition) is 1. The number of epoxide rings is 1. The van der Waals surface area contributed by atoms with Crippen LogP contribution in [0.3, 0.4) is 0 Å². The topological polar surface area (TPSA) is 17.5 Å². The summed E-state index contributed by atoms with van der Waals surface area (Å²) < 4.78 is 7.67. The highest BCUT2D eigenvalue weighted by atomic mass is 16.6. The molecule has 0 spiro atoms. The Hall–Kier alpha value is -1.28. The number of ether oxygens (including phenoxy) is 1. The van der Waals surface area contributed by atoms with E-state index in [-0.39, 0.29) is 5.60 Å². The average molecular weight is 187 g/mol. The van der Waals surface area contributed by atoms with Crippen molar-refractivity contribution in [2.45, 2.75) is 12.5 Å². The Morgan fingerprint density at radius 2 is 2.14 bits per heavy atom. The van der Waals surface area contributed by atoms with Crippen molar-refractivity contribution in [1.82, 2.24) is 4.57 Å². The largest absolute Gasteiger partial charge is 0.365 e. The van der Waals surface area contributed by atoms with E-state index in [1.807, 2.05) is 0 Å². The van der Waals surface area contributed by atoms with E-state index in [1.165, 1.54) is 16.5 Å². The Labute approximate surface area is 83.1 Å². The van der Waals surface area contributed by atoms with Gasteiger partial charge < -0.3 is 9.30 Å². The number of benzene rings is 1. The molecule has 1 atom stereocenters. The van der Waals surface area contributed by atoms with Crippen LogP contribution in [0.2, 0.25) is 0 Å². The van der Waals surface area contributed by atoms with E-state index in [2.05, 4.69) is 49.0 Å². The van der Waals surface area contributed by atoms with Crippen LogP contribution in [0.1, 0.15) is 12.5 Å². The summed E-state index contributed by atoms with van der Waals surface area (Å²) >= 11 is 0. The molecular weight excluding hydrogens is 174 g/mol. The van der Waals surface area contributed by atoms with Gasteiger partial charge in [-0.2, -0.15) is 0 Å². The van der Waals surface area contributed by atoms with Crippen molar-refractivity contribution in [2.24, 2.45) is 7.05 Å². The van der Waals surface area contributed by atoms with Crippen molar-refractivity contribution in [3.63, 3.8) is 0 Å². The highest BCUT2D eigenvalue weighted by Crippen LogP contribution is 2.41. The molecule has 1 aliphatic heterocycles. The molecular formula is C12H13NO. The number of rotatable bonds is 1. The van der Waals surface area contributed by atoms with Crippen molar-refractivity contribution in [3.05, 3.63) is 36.0 Å². The lowest BCUT2D eigenvalue weighted by molar-refractivity contribution is 0.330. The van der Waals surface area contributed by atoms with Gasteiger partial charge in [-0.3, -0.25) is 0 Å². The molecule has 1 fully saturated rings. The maximum Gasteiger partial charge on any atom is 0.116 e. The maximum atomic E-state index is 5.50. The van der Waals surface area contributed by atoms with Gasteiger partial charge in [0.05, 0.1) is 12.1 Å². The molecule has 1 aromatic carbocycles. The monoisotopic (exact) mass is 187 g/mol. The molecule has 0 aliphatic carbocycles. The lowest BCUT2D eigenvalue weighted by Crippen LogP contribution is -2.04. The van der Waals surface area contributed by atoms with E-state index in [4.69, 9.17) is 4.74 Å². The summed E-state index contributed by atoms with van der Waals surface area (Å²) in [6.07, 6.45) is 2.10. The minimum absolute atomic E-state index is 0.0361. The van der Waals surface area contributed by atoms with Gasteiger partial charge in [0.25, 0.3) is 0 Å². The quantitative estimate of drug-likeness (QED) is 0.627. The van der Waals surface area contributed by atoms with E-state index >= 15 is 0 Å². The first-order valence-electron chi connectivity index (χ1n) is 4.89. The number of nitrogens with zero attached hydrogens (tertiary/aromatic N) is 1. The van der Waals surface area contributed by atoms with Crippen LogP contribution in [0.15, 0.2) is 30.5 Å². The zero-order valence-electron chi connectivity index (χ0n) is 8.45. The molecule has 1 unspecified atom stereocenters. The van der Waals surface area contributed by atoms with Gasteiger partial charge in [-0.15, -0.1) is 0 Å². The Morgan fingerprint density at radius 1 is 1.36 bits per heavy atom. The number of para-hydroxylation sites is 1. The van der Waals surface area contributed by atoms with Gasteiger partial charge in [0.15, 0.2) is 0 Å². The van der Waals surface area contributed by atoms with Crippen LogP contribution in [0.25, 0.3) is 10.9 Å². The maximum absolute atomic E-state index is 5.50. The summed E-state index contributed by atoms with van der Waals surface area (Å²) in [5.74, 6) is 0. The average Bonchev–Trinajstić information content (AvgIpc) is 2.83. The molecule has 0 radical (unpaired) electrons. The van der Waals surface area contributed by atoms with Gasteiger partial charge in [0.2, 0.25) is 0 Å².